The molecule has 0 amide bonds. The van der Waals surface area contributed by atoms with E-state index < -0.39 is 0 Å². The van der Waals surface area contributed by atoms with Gasteiger partial charge in [-0.1, -0.05) is 0 Å². The van der Waals surface area contributed by atoms with E-state index in [9.17, 15) is 0 Å². The fourth-order valence-electron chi connectivity index (χ4n) is 0. The number of hydrogen-bond donors (Lipinski definition) is 0. The third-order valence-electron chi connectivity index (χ3n) is 0. The van der Waals surface area contributed by atoms with Crippen molar-refractivity contribution in [1.29, 1.82) is 0 Å². The zero-order valence-electron chi connectivity index (χ0n) is 4.59. The second-order valence-electron chi connectivity index (χ2n) is 1.50. The van der Waals surface area contributed by atoms with Crippen LogP contribution in [0.1, 0.15) is 20.8 Å². The maximum Gasteiger partial charge on any atom is 2.00 e. The van der Waals surface area contributed by atoms with E-state index in [-0.39, 0.29) is 47.0 Å². The second-order valence-corrected chi connectivity index (χ2v) is 1.50. The van der Waals surface area contributed by atoms with Crippen LogP contribution in [-0.4, -0.2) is 23.1 Å². The molecule has 0 heterocycles. The Morgan fingerprint density at radius 2 is 1.00 bits per heavy atom. The van der Waals surface area contributed by atoms with Crippen molar-refractivity contribution < 1.29 is 24.0 Å². The summed E-state index contributed by atoms with van der Waals surface area (Å²) in [6.45, 7) is 6.25. The van der Waals surface area contributed by atoms with E-state index in [1.807, 2.05) is 0 Å². The molecule has 0 N–H and O–H groups in total. The first-order valence-corrected chi connectivity index (χ1v) is 1.50. The Morgan fingerprint density at radius 1 is 1.00 bits per heavy atom. The van der Waals surface area contributed by atoms with Gasteiger partial charge in [-0.25, -0.2) is 0 Å². The first-order valence-electron chi connectivity index (χ1n) is 1.50. The smallest absolute Gasteiger partial charge is 1.00 e. The summed E-state index contributed by atoms with van der Waals surface area (Å²) in [5.74, 6) is 1.42. The van der Waals surface area contributed by atoms with Crippen molar-refractivity contribution in [1.82, 2.24) is 0 Å². The summed E-state index contributed by atoms with van der Waals surface area (Å²) in [4.78, 5) is 0. The average molecular weight is 208 g/mol. The summed E-state index contributed by atoms with van der Waals surface area (Å²) in [7, 11) is 0. The SMILES string of the molecule is C[C-](C)C.[I-].[Mg+2]. The fraction of sp³-hybridized carbons (Fsp3) is 0.750. The van der Waals surface area contributed by atoms with Crippen LogP contribution in [0.25, 0.3) is 0 Å². The number of rotatable bonds is 0. The van der Waals surface area contributed by atoms with Crippen molar-refractivity contribution in [3.63, 3.8) is 0 Å². The first-order chi connectivity index (χ1) is 1.73. The van der Waals surface area contributed by atoms with Crippen LogP contribution in [-0.2, 0) is 0 Å². The van der Waals surface area contributed by atoms with Gasteiger partial charge in [-0.2, -0.15) is 20.8 Å². The van der Waals surface area contributed by atoms with Gasteiger partial charge in [-0.15, -0.1) is 0 Å². The van der Waals surface area contributed by atoms with E-state index in [4.69, 9.17) is 0 Å². The molecule has 0 aromatic rings. The van der Waals surface area contributed by atoms with Crippen LogP contribution < -0.4 is 24.0 Å². The first kappa shape index (κ1) is 15.6. The van der Waals surface area contributed by atoms with Crippen LogP contribution >= 0.6 is 0 Å². The monoisotopic (exact) mass is 208 g/mol. The Hall–Kier alpha value is 1.50. The standard InChI is InChI=1S/C4H9.HI.Mg/c1-4(2)3;;/h1-3H3;1H;/q-1;;+2/p-1. The minimum absolute atomic E-state index is 0. The Morgan fingerprint density at radius 3 is 1.00 bits per heavy atom. The van der Waals surface area contributed by atoms with Crippen LogP contribution in [0, 0.1) is 5.92 Å². The van der Waals surface area contributed by atoms with Crippen LogP contribution in [0.2, 0.25) is 0 Å². The van der Waals surface area contributed by atoms with Crippen molar-refractivity contribution in [3.05, 3.63) is 5.92 Å². The predicted molar refractivity (Wildman–Crippen MR) is 26.0 cm³/mol. The molecule has 34 valence electrons. The van der Waals surface area contributed by atoms with Crippen LogP contribution in [0.3, 0.4) is 0 Å². The molecular weight excluding hydrogens is 199 g/mol. The third-order valence-corrected chi connectivity index (χ3v) is 0. The van der Waals surface area contributed by atoms with Crippen molar-refractivity contribution in [2.24, 2.45) is 0 Å². The molecule has 0 spiro atoms. The zero-order chi connectivity index (χ0) is 3.58. The molecule has 0 saturated heterocycles. The number of halogens is 1. The van der Waals surface area contributed by atoms with Crippen LogP contribution in [0.4, 0.5) is 0 Å². The topological polar surface area (TPSA) is 0 Å². The molecule has 0 aromatic heterocycles. The van der Waals surface area contributed by atoms with Gasteiger partial charge in [0.05, 0.1) is 0 Å². The van der Waals surface area contributed by atoms with E-state index in [0.717, 1.165) is 0 Å². The fourth-order valence-corrected chi connectivity index (χ4v) is 0. The summed E-state index contributed by atoms with van der Waals surface area (Å²) in [5.41, 5.74) is 0. The van der Waals surface area contributed by atoms with Crippen molar-refractivity contribution >= 4 is 23.1 Å². The van der Waals surface area contributed by atoms with Gasteiger partial charge in [-0.05, 0) is 0 Å². The van der Waals surface area contributed by atoms with Gasteiger partial charge in [0.2, 0.25) is 0 Å². The van der Waals surface area contributed by atoms with Crippen LogP contribution in [0.5, 0.6) is 0 Å². The van der Waals surface area contributed by atoms with Gasteiger partial charge in [0.25, 0.3) is 0 Å². The molecule has 6 heavy (non-hydrogen) atoms. The molecule has 0 nitrogen and oxygen atoms in total. The molecule has 0 aliphatic heterocycles. The zero-order valence-corrected chi connectivity index (χ0v) is 8.16. The van der Waals surface area contributed by atoms with E-state index in [1.54, 1.807) is 0 Å². The minimum atomic E-state index is 0. The van der Waals surface area contributed by atoms with Gasteiger partial charge >= 0.3 is 23.1 Å². The molecule has 0 aliphatic rings. The summed E-state index contributed by atoms with van der Waals surface area (Å²) in [5, 5.41) is 0. The quantitative estimate of drug-likeness (QED) is 0.251. The average Bonchev–Trinajstić information content (AvgIpc) is 0.811. The van der Waals surface area contributed by atoms with E-state index >= 15 is 0 Å². The van der Waals surface area contributed by atoms with Crippen molar-refractivity contribution in [3.8, 4) is 0 Å². The largest absolute Gasteiger partial charge is 2.00 e. The van der Waals surface area contributed by atoms with Gasteiger partial charge < -0.3 is 29.9 Å². The Balaban J connectivity index is -0.0000000450. The Kier molecular flexibility index (Phi) is 25.3. The van der Waals surface area contributed by atoms with Crippen LogP contribution in [0.15, 0.2) is 0 Å². The van der Waals surface area contributed by atoms with E-state index in [2.05, 4.69) is 20.8 Å². The molecule has 0 fully saturated rings. The van der Waals surface area contributed by atoms with E-state index in [0.29, 0.717) is 0 Å². The summed E-state index contributed by atoms with van der Waals surface area (Å²) < 4.78 is 0. The number of hydrogen-bond acceptors (Lipinski definition) is 0. The maximum absolute atomic E-state index is 2.08. The van der Waals surface area contributed by atoms with Gasteiger partial charge in [0.15, 0.2) is 0 Å². The predicted octanol–water partition coefficient (Wildman–Crippen LogP) is -1.76. The molecule has 0 atom stereocenters. The molecule has 0 saturated carbocycles. The molecule has 0 aromatic carbocycles. The van der Waals surface area contributed by atoms with Gasteiger partial charge in [0, 0.05) is 0 Å². The molecule has 0 radical (unpaired) electrons. The molecule has 2 heteroatoms. The second kappa shape index (κ2) is 9.71. The van der Waals surface area contributed by atoms with Gasteiger partial charge in [0.1, 0.15) is 0 Å². The Bertz CT molecular complexity index is 12.3. The molecule has 0 rings (SSSR count). The molecule has 0 unspecified atom stereocenters. The summed E-state index contributed by atoms with van der Waals surface area (Å²) in [6.07, 6.45) is 0. The third kappa shape index (κ3) is 49.6. The molecular formula is C4H9IMg. The minimum Gasteiger partial charge on any atom is -1.00 e. The van der Waals surface area contributed by atoms with Crippen molar-refractivity contribution in [2.75, 3.05) is 0 Å². The summed E-state index contributed by atoms with van der Waals surface area (Å²) >= 11 is 0. The summed E-state index contributed by atoms with van der Waals surface area (Å²) in [6, 6.07) is 0. The Labute approximate surface area is 73.2 Å². The maximum atomic E-state index is 2.08. The normalized spacial score (nSPS) is 6.00. The van der Waals surface area contributed by atoms with Gasteiger partial charge in [-0.3, -0.25) is 0 Å². The molecule has 0 aliphatic carbocycles. The molecule has 0 bridgehead atoms. The van der Waals surface area contributed by atoms with E-state index in [1.165, 1.54) is 5.92 Å². The van der Waals surface area contributed by atoms with Crippen molar-refractivity contribution in [2.45, 2.75) is 20.8 Å².